The van der Waals surface area contributed by atoms with Gasteiger partial charge in [0.05, 0.1) is 34.0 Å². The zero-order chi connectivity index (χ0) is 16.4. The van der Waals surface area contributed by atoms with Gasteiger partial charge in [0.1, 0.15) is 5.82 Å². The minimum Gasteiger partial charge on any atom is -0.370 e. The maximum absolute atomic E-state index is 13.1. The zero-order valence-corrected chi connectivity index (χ0v) is 14.2. The van der Waals surface area contributed by atoms with Crippen LogP contribution in [0.15, 0.2) is 23.6 Å². The van der Waals surface area contributed by atoms with E-state index in [0.29, 0.717) is 25.3 Å². The van der Waals surface area contributed by atoms with Gasteiger partial charge < -0.3 is 9.64 Å². The highest BCUT2D eigenvalue weighted by Crippen LogP contribution is 2.23. The third-order valence-electron chi connectivity index (χ3n) is 3.73. The Kier molecular flexibility index (Phi) is 4.94. The van der Waals surface area contributed by atoms with Gasteiger partial charge in [-0.1, -0.05) is 11.6 Å². The van der Waals surface area contributed by atoms with E-state index in [-0.39, 0.29) is 17.0 Å². The molecule has 0 N–H and O–H groups in total. The number of hydrogen-bond donors (Lipinski definition) is 0. The fourth-order valence-corrected chi connectivity index (χ4v) is 3.41. The van der Waals surface area contributed by atoms with Gasteiger partial charge in [0.2, 0.25) is 0 Å². The maximum Gasteiger partial charge on any atom is 0.255 e. The van der Waals surface area contributed by atoms with Crippen LogP contribution in [0.25, 0.3) is 0 Å². The lowest BCUT2D eigenvalue weighted by Crippen LogP contribution is -2.30. The Morgan fingerprint density at radius 2 is 2.39 bits per heavy atom. The van der Waals surface area contributed by atoms with Gasteiger partial charge >= 0.3 is 0 Å². The Labute approximate surface area is 142 Å². The SMILES string of the molecule is Cc1nc(CO[C@H]2CCN(C(=O)c3ccc(F)cc3Cl)C2)cs1. The Balaban J connectivity index is 1.57. The van der Waals surface area contributed by atoms with Gasteiger partial charge in [-0.05, 0) is 31.5 Å². The van der Waals surface area contributed by atoms with Gasteiger partial charge in [0, 0.05) is 18.5 Å². The number of halogens is 2. The largest absolute Gasteiger partial charge is 0.370 e. The highest BCUT2D eigenvalue weighted by molar-refractivity contribution is 7.09. The maximum atomic E-state index is 13.1. The molecular weight excluding hydrogens is 339 g/mol. The number of aryl methyl sites for hydroxylation is 1. The molecule has 0 radical (unpaired) electrons. The van der Waals surface area contributed by atoms with E-state index in [9.17, 15) is 9.18 Å². The molecule has 4 nitrogen and oxygen atoms in total. The van der Waals surface area contributed by atoms with Gasteiger partial charge in [-0.2, -0.15) is 0 Å². The van der Waals surface area contributed by atoms with E-state index in [4.69, 9.17) is 16.3 Å². The number of ether oxygens (including phenoxy) is 1. The fraction of sp³-hybridized carbons (Fsp3) is 0.375. The van der Waals surface area contributed by atoms with Gasteiger partial charge in [-0.15, -0.1) is 11.3 Å². The van der Waals surface area contributed by atoms with Crippen LogP contribution in [-0.2, 0) is 11.3 Å². The number of carbonyl (C=O) groups excluding carboxylic acids is 1. The highest BCUT2D eigenvalue weighted by Gasteiger charge is 2.28. The second kappa shape index (κ2) is 6.95. The third kappa shape index (κ3) is 3.88. The van der Waals surface area contributed by atoms with Crippen molar-refractivity contribution in [1.82, 2.24) is 9.88 Å². The van der Waals surface area contributed by atoms with Crippen LogP contribution in [0, 0.1) is 12.7 Å². The molecule has 1 fully saturated rings. The molecule has 1 saturated heterocycles. The number of thiazole rings is 1. The van der Waals surface area contributed by atoms with Crippen LogP contribution >= 0.6 is 22.9 Å². The number of benzene rings is 1. The van der Waals surface area contributed by atoms with E-state index in [1.54, 1.807) is 16.2 Å². The van der Waals surface area contributed by atoms with Crippen molar-refractivity contribution >= 4 is 28.8 Å². The minimum atomic E-state index is -0.451. The molecule has 0 aliphatic carbocycles. The molecule has 3 rings (SSSR count). The summed E-state index contributed by atoms with van der Waals surface area (Å²) in [5.41, 5.74) is 1.24. The van der Waals surface area contributed by atoms with E-state index in [1.807, 2.05) is 12.3 Å². The molecule has 2 aromatic rings. The molecule has 23 heavy (non-hydrogen) atoms. The molecule has 1 amide bonds. The van der Waals surface area contributed by atoms with E-state index in [2.05, 4.69) is 4.98 Å². The Bertz CT molecular complexity index is 722. The van der Waals surface area contributed by atoms with Crippen LogP contribution in [0.4, 0.5) is 4.39 Å². The number of carbonyl (C=O) groups is 1. The summed E-state index contributed by atoms with van der Waals surface area (Å²) in [6.07, 6.45) is 0.758. The summed E-state index contributed by atoms with van der Waals surface area (Å²) in [5, 5.41) is 3.13. The molecule has 1 aliphatic rings. The number of hydrogen-bond acceptors (Lipinski definition) is 4. The van der Waals surface area contributed by atoms with Crippen LogP contribution in [-0.4, -0.2) is 35.0 Å². The Morgan fingerprint density at radius 1 is 1.57 bits per heavy atom. The third-order valence-corrected chi connectivity index (χ3v) is 4.86. The Morgan fingerprint density at radius 3 is 3.09 bits per heavy atom. The molecule has 0 unspecified atom stereocenters. The van der Waals surface area contributed by atoms with Crippen molar-refractivity contribution < 1.29 is 13.9 Å². The Hall–Kier alpha value is -1.50. The van der Waals surface area contributed by atoms with Crippen molar-refractivity contribution in [1.29, 1.82) is 0 Å². The van der Waals surface area contributed by atoms with E-state index >= 15 is 0 Å². The molecule has 0 spiro atoms. The first-order valence-electron chi connectivity index (χ1n) is 7.30. The number of rotatable bonds is 4. The molecule has 0 bridgehead atoms. The normalized spacial score (nSPS) is 17.7. The van der Waals surface area contributed by atoms with Crippen molar-refractivity contribution in [2.24, 2.45) is 0 Å². The fourth-order valence-electron chi connectivity index (χ4n) is 2.56. The summed E-state index contributed by atoms with van der Waals surface area (Å²) in [6, 6.07) is 3.82. The monoisotopic (exact) mass is 354 g/mol. The number of likely N-dealkylation sites (tertiary alicyclic amines) is 1. The van der Waals surface area contributed by atoms with Crippen molar-refractivity contribution in [3.8, 4) is 0 Å². The summed E-state index contributed by atoms with van der Waals surface area (Å²) >= 11 is 7.55. The molecule has 1 atom stereocenters. The topological polar surface area (TPSA) is 42.4 Å². The van der Waals surface area contributed by atoms with Crippen LogP contribution in [0.5, 0.6) is 0 Å². The van der Waals surface area contributed by atoms with Crippen molar-refractivity contribution in [2.45, 2.75) is 26.1 Å². The van der Waals surface area contributed by atoms with Gasteiger partial charge in [0.25, 0.3) is 5.91 Å². The molecule has 7 heteroatoms. The summed E-state index contributed by atoms with van der Waals surface area (Å²) in [6.45, 7) is 3.52. The van der Waals surface area contributed by atoms with Crippen LogP contribution < -0.4 is 0 Å². The zero-order valence-electron chi connectivity index (χ0n) is 12.6. The van der Waals surface area contributed by atoms with Gasteiger partial charge in [0.15, 0.2) is 0 Å². The number of nitrogens with zero attached hydrogens (tertiary/aromatic N) is 2. The predicted octanol–water partition coefficient (Wildman–Crippen LogP) is 3.68. The summed E-state index contributed by atoms with van der Waals surface area (Å²) in [7, 11) is 0. The number of amides is 1. The summed E-state index contributed by atoms with van der Waals surface area (Å²) in [4.78, 5) is 18.5. The van der Waals surface area contributed by atoms with E-state index < -0.39 is 5.82 Å². The molecule has 2 heterocycles. The number of aromatic nitrogens is 1. The van der Waals surface area contributed by atoms with Crippen LogP contribution in [0.2, 0.25) is 5.02 Å². The van der Waals surface area contributed by atoms with Gasteiger partial charge in [-0.25, -0.2) is 9.37 Å². The highest BCUT2D eigenvalue weighted by atomic mass is 35.5. The van der Waals surface area contributed by atoms with Crippen molar-refractivity contribution in [3.05, 3.63) is 50.7 Å². The molecule has 122 valence electrons. The van der Waals surface area contributed by atoms with E-state index in [1.165, 1.54) is 12.1 Å². The molecule has 1 aromatic heterocycles. The second-order valence-corrected chi connectivity index (χ2v) is 6.92. The lowest BCUT2D eigenvalue weighted by atomic mass is 10.2. The smallest absolute Gasteiger partial charge is 0.255 e. The average Bonchev–Trinajstić information content (AvgIpc) is 3.13. The van der Waals surface area contributed by atoms with Crippen molar-refractivity contribution in [2.75, 3.05) is 13.1 Å². The first kappa shape index (κ1) is 16.4. The summed E-state index contributed by atoms with van der Waals surface area (Å²) < 4.78 is 18.9. The van der Waals surface area contributed by atoms with Gasteiger partial charge in [-0.3, -0.25) is 4.79 Å². The second-order valence-electron chi connectivity index (χ2n) is 5.45. The minimum absolute atomic E-state index is 0.0137. The molecular formula is C16H16ClFN2O2S. The standard InChI is InChI=1S/C16H16ClFN2O2S/c1-10-19-12(9-23-10)8-22-13-4-5-20(7-13)16(21)14-3-2-11(18)6-15(14)17/h2-3,6,9,13H,4-5,7-8H2,1H3/t13-/m0/s1. The van der Waals surface area contributed by atoms with Crippen LogP contribution in [0.1, 0.15) is 27.5 Å². The lowest BCUT2D eigenvalue weighted by molar-refractivity contribution is 0.0424. The quantitative estimate of drug-likeness (QED) is 0.841. The first-order valence-corrected chi connectivity index (χ1v) is 8.55. The van der Waals surface area contributed by atoms with Crippen molar-refractivity contribution in [3.63, 3.8) is 0 Å². The predicted molar refractivity (Wildman–Crippen MR) is 87.4 cm³/mol. The average molecular weight is 355 g/mol. The molecule has 0 saturated carbocycles. The first-order chi connectivity index (χ1) is 11.0. The lowest BCUT2D eigenvalue weighted by Gasteiger charge is -2.17. The van der Waals surface area contributed by atoms with E-state index in [0.717, 1.165) is 23.2 Å². The summed E-state index contributed by atoms with van der Waals surface area (Å²) in [5.74, 6) is -0.640. The molecule has 1 aromatic carbocycles. The van der Waals surface area contributed by atoms with Crippen LogP contribution in [0.3, 0.4) is 0 Å². The molecule has 1 aliphatic heterocycles.